The lowest BCUT2D eigenvalue weighted by Gasteiger charge is -2.40. The van der Waals surface area contributed by atoms with E-state index in [4.69, 9.17) is 4.74 Å². The van der Waals surface area contributed by atoms with Crippen LogP contribution in [0.3, 0.4) is 0 Å². The molecule has 0 unspecified atom stereocenters. The Balaban J connectivity index is 1.05. The normalized spacial score (nSPS) is 12.9. The molecule has 11 aromatic rings. The Morgan fingerprint density at radius 2 is 0.815 bits per heavy atom. The van der Waals surface area contributed by atoms with Crippen molar-refractivity contribution in [3.63, 3.8) is 0 Å². The van der Waals surface area contributed by atoms with Crippen LogP contribution >= 0.6 is 0 Å². The van der Waals surface area contributed by atoms with Gasteiger partial charge in [-0.05, 0) is 97.2 Å². The molecule has 1 heterocycles. The van der Waals surface area contributed by atoms with Gasteiger partial charge < -0.3 is 9.64 Å². The number of hydrogen-bond donors (Lipinski definition) is 0. The molecule has 13 rings (SSSR count). The second kappa shape index (κ2) is 14.8. The number of benzene rings is 11. The fraction of sp³-hybridized carbons (Fsp3) is 0.0159. The van der Waals surface area contributed by atoms with Crippen LogP contribution in [-0.2, 0) is 5.41 Å². The maximum absolute atomic E-state index is 7.26. The zero-order valence-electron chi connectivity index (χ0n) is 35.5. The van der Waals surface area contributed by atoms with Gasteiger partial charge in [0.2, 0.25) is 0 Å². The molecule has 2 aliphatic rings. The average Bonchev–Trinajstić information content (AvgIpc) is 3.67. The van der Waals surface area contributed by atoms with Crippen LogP contribution in [0, 0.1) is 0 Å². The molecule has 1 aliphatic heterocycles. The molecule has 0 saturated heterocycles. The van der Waals surface area contributed by atoms with Gasteiger partial charge in [0.05, 0.1) is 11.1 Å². The summed E-state index contributed by atoms with van der Waals surface area (Å²) in [5.41, 5.74) is 17.0. The SMILES string of the molecule is c1ccc(-c2ccc(N(c3cccc(-c4ccccc4)c3)c3ccccc3-c3ccc4c(c3)C3(c5ccccc5-4)c4ccc5ccccc5c4Oc4c3ccc3ccccc43)cc2)cc1. The van der Waals surface area contributed by atoms with Crippen LogP contribution in [0.4, 0.5) is 17.1 Å². The molecule has 2 nitrogen and oxygen atoms in total. The highest BCUT2D eigenvalue weighted by molar-refractivity contribution is 6.01. The van der Waals surface area contributed by atoms with Gasteiger partial charge >= 0.3 is 0 Å². The Hall–Kier alpha value is -8.46. The molecule has 0 N–H and O–H groups in total. The Labute approximate surface area is 378 Å². The van der Waals surface area contributed by atoms with Crippen LogP contribution in [0.1, 0.15) is 22.3 Å². The predicted molar refractivity (Wildman–Crippen MR) is 270 cm³/mol. The van der Waals surface area contributed by atoms with Gasteiger partial charge in [0, 0.05) is 38.8 Å². The fourth-order valence-electron chi connectivity index (χ4n) is 10.8. The molecule has 0 atom stereocenters. The number of fused-ring (bicyclic) bond motifs is 13. The molecule has 1 aliphatic carbocycles. The van der Waals surface area contributed by atoms with Crippen molar-refractivity contribution in [2.24, 2.45) is 0 Å². The predicted octanol–water partition coefficient (Wildman–Crippen LogP) is 16.9. The minimum Gasteiger partial charge on any atom is -0.455 e. The van der Waals surface area contributed by atoms with E-state index in [-0.39, 0.29) is 0 Å². The van der Waals surface area contributed by atoms with Crippen molar-refractivity contribution in [3.8, 4) is 56.0 Å². The first-order valence-electron chi connectivity index (χ1n) is 22.4. The van der Waals surface area contributed by atoms with Crippen molar-refractivity contribution in [3.05, 3.63) is 271 Å². The van der Waals surface area contributed by atoms with Crippen LogP contribution in [0.2, 0.25) is 0 Å². The topological polar surface area (TPSA) is 12.5 Å². The zero-order valence-corrected chi connectivity index (χ0v) is 35.5. The van der Waals surface area contributed by atoms with Gasteiger partial charge in [0.25, 0.3) is 0 Å². The molecule has 1 spiro atoms. The standard InChI is InChI=1S/C63H41NO/c1-3-16-42(17-4-1)44-30-35-49(36-31-44)64(50-23-15-22-47(40-50)43-18-5-2-6-19-43)60-29-14-12-24-51(60)48-32-37-55-54-27-11-13-28-56(54)63(59(55)41-48)57-38-33-45-20-7-9-25-52(45)61(57)65-62-53-26-10-8-21-46(53)34-39-58(62)63/h1-41H. The number of para-hydroxylation sites is 1. The minimum absolute atomic E-state index is 0.648. The third-order valence-corrected chi connectivity index (χ3v) is 13.7. The van der Waals surface area contributed by atoms with Crippen molar-refractivity contribution >= 4 is 38.6 Å². The summed E-state index contributed by atoms with van der Waals surface area (Å²) < 4.78 is 7.26. The summed E-state index contributed by atoms with van der Waals surface area (Å²) in [6.45, 7) is 0. The molecule has 0 radical (unpaired) electrons. The molecule has 0 bridgehead atoms. The summed E-state index contributed by atoms with van der Waals surface area (Å²) in [5.74, 6) is 1.84. The smallest absolute Gasteiger partial charge is 0.140 e. The highest BCUT2D eigenvalue weighted by atomic mass is 16.5. The highest BCUT2D eigenvalue weighted by Gasteiger charge is 2.52. The number of hydrogen-bond acceptors (Lipinski definition) is 2. The Morgan fingerprint density at radius 3 is 1.51 bits per heavy atom. The van der Waals surface area contributed by atoms with Crippen LogP contribution < -0.4 is 9.64 Å². The van der Waals surface area contributed by atoms with Crippen molar-refractivity contribution in [1.29, 1.82) is 0 Å². The molecular weight excluding hydrogens is 787 g/mol. The van der Waals surface area contributed by atoms with E-state index in [0.29, 0.717) is 0 Å². The van der Waals surface area contributed by atoms with Crippen LogP contribution in [-0.4, -0.2) is 0 Å². The van der Waals surface area contributed by atoms with E-state index in [1.54, 1.807) is 0 Å². The minimum atomic E-state index is -0.648. The van der Waals surface area contributed by atoms with Crippen molar-refractivity contribution < 1.29 is 4.74 Å². The summed E-state index contributed by atoms with van der Waals surface area (Å²) in [6.07, 6.45) is 0. The van der Waals surface area contributed by atoms with E-state index < -0.39 is 5.41 Å². The van der Waals surface area contributed by atoms with Crippen LogP contribution in [0.15, 0.2) is 249 Å². The Morgan fingerprint density at radius 1 is 0.292 bits per heavy atom. The monoisotopic (exact) mass is 827 g/mol. The molecule has 0 amide bonds. The third kappa shape index (κ3) is 5.74. The number of ether oxygens (including phenoxy) is 1. The number of anilines is 3. The lowest BCUT2D eigenvalue weighted by Crippen LogP contribution is -2.32. The zero-order chi connectivity index (χ0) is 42.9. The van der Waals surface area contributed by atoms with Gasteiger partial charge in [-0.2, -0.15) is 0 Å². The first-order valence-corrected chi connectivity index (χ1v) is 22.4. The van der Waals surface area contributed by atoms with E-state index in [2.05, 4.69) is 254 Å². The maximum atomic E-state index is 7.26. The molecule has 0 aromatic heterocycles. The number of nitrogens with zero attached hydrogens (tertiary/aromatic N) is 1. The molecule has 11 aromatic carbocycles. The van der Waals surface area contributed by atoms with E-state index >= 15 is 0 Å². The molecule has 0 fully saturated rings. The second-order valence-electron chi connectivity index (χ2n) is 17.2. The lowest BCUT2D eigenvalue weighted by atomic mass is 9.65. The second-order valence-corrected chi connectivity index (χ2v) is 17.2. The maximum Gasteiger partial charge on any atom is 0.140 e. The van der Waals surface area contributed by atoms with E-state index in [9.17, 15) is 0 Å². The Bertz CT molecular complexity index is 3540. The summed E-state index contributed by atoms with van der Waals surface area (Å²) in [5, 5.41) is 4.55. The van der Waals surface area contributed by atoms with Crippen molar-refractivity contribution in [2.45, 2.75) is 5.41 Å². The quantitative estimate of drug-likeness (QED) is 0.166. The Kier molecular flexibility index (Phi) is 8.47. The lowest BCUT2D eigenvalue weighted by molar-refractivity contribution is 0.447. The highest BCUT2D eigenvalue weighted by Crippen LogP contribution is 2.64. The summed E-state index contributed by atoms with van der Waals surface area (Å²) >= 11 is 0. The van der Waals surface area contributed by atoms with E-state index in [0.717, 1.165) is 72.4 Å². The van der Waals surface area contributed by atoms with Gasteiger partial charge in [-0.15, -0.1) is 0 Å². The van der Waals surface area contributed by atoms with Crippen LogP contribution in [0.5, 0.6) is 11.5 Å². The first kappa shape index (κ1) is 37.1. The summed E-state index contributed by atoms with van der Waals surface area (Å²) in [4.78, 5) is 2.42. The first-order chi connectivity index (χ1) is 32.2. The summed E-state index contributed by atoms with van der Waals surface area (Å²) in [6, 6.07) is 90.7. The van der Waals surface area contributed by atoms with Gasteiger partial charge in [0.1, 0.15) is 11.5 Å². The average molecular weight is 828 g/mol. The van der Waals surface area contributed by atoms with Crippen molar-refractivity contribution in [2.75, 3.05) is 4.90 Å². The largest absolute Gasteiger partial charge is 0.455 e. The van der Waals surface area contributed by atoms with Crippen LogP contribution in [0.25, 0.3) is 66.1 Å². The van der Waals surface area contributed by atoms with E-state index in [1.807, 2.05) is 0 Å². The molecular formula is C63H41NO. The van der Waals surface area contributed by atoms with Gasteiger partial charge in [-0.1, -0.05) is 212 Å². The van der Waals surface area contributed by atoms with Gasteiger partial charge in [0.15, 0.2) is 0 Å². The number of rotatable bonds is 6. The molecule has 304 valence electrons. The van der Waals surface area contributed by atoms with Gasteiger partial charge in [-0.25, -0.2) is 0 Å². The fourth-order valence-corrected chi connectivity index (χ4v) is 10.8. The summed E-state index contributed by atoms with van der Waals surface area (Å²) in [7, 11) is 0. The molecule has 65 heavy (non-hydrogen) atoms. The molecule has 0 saturated carbocycles. The van der Waals surface area contributed by atoms with Gasteiger partial charge in [-0.3, -0.25) is 0 Å². The molecule has 2 heteroatoms. The van der Waals surface area contributed by atoms with Crippen molar-refractivity contribution in [1.82, 2.24) is 0 Å². The van der Waals surface area contributed by atoms with E-state index in [1.165, 1.54) is 44.5 Å². The third-order valence-electron chi connectivity index (χ3n) is 13.7.